The summed E-state index contributed by atoms with van der Waals surface area (Å²) in [7, 11) is 0. The molecule has 0 radical (unpaired) electrons. The van der Waals surface area contributed by atoms with E-state index in [1.165, 1.54) is 6.07 Å². The van der Waals surface area contributed by atoms with Crippen LogP contribution in [-0.4, -0.2) is 18.3 Å². The zero-order valence-corrected chi connectivity index (χ0v) is 13.1. The SMILES string of the molecule is NCCC(O)(COCc1cccc(C(F)(F)F)c1)c1ccccc1. The minimum Gasteiger partial charge on any atom is -0.383 e. The highest BCUT2D eigenvalue weighted by Gasteiger charge is 2.31. The topological polar surface area (TPSA) is 55.5 Å². The Kier molecular flexibility index (Phi) is 5.99. The number of benzene rings is 2. The highest BCUT2D eigenvalue weighted by Crippen LogP contribution is 2.30. The van der Waals surface area contributed by atoms with Gasteiger partial charge in [-0.1, -0.05) is 42.5 Å². The molecule has 0 saturated carbocycles. The maximum absolute atomic E-state index is 12.7. The highest BCUT2D eigenvalue weighted by atomic mass is 19.4. The molecule has 2 aromatic rings. The molecule has 0 fully saturated rings. The number of rotatable bonds is 7. The summed E-state index contributed by atoms with van der Waals surface area (Å²) in [5, 5.41) is 10.8. The second-order valence-corrected chi connectivity index (χ2v) is 5.63. The molecule has 0 aliphatic carbocycles. The lowest BCUT2D eigenvalue weighted by Crippen LogP contribution is -2.34. The Morgan fingerprint density at radius 2 is 1.62 bits per heavy atom. The third kappa shape index (κ3) is 4.80. The summed E-state index contributed by atoms with van der Waals surface area (Å²) in [4.78, 5) is 0. The van der Waals surface area contributed by atoms with E-state index >= 15 is 0 Å². The van der Waals surface area contributed by atoms with E-state index in [9.17, 15) is 18.3 Å². The van der Waals surface area contributed by atoms with Crippen molar-refractivity contribution in [2.45, 2.75) is 24.8 Å². The van der Waals surface area contributed by atoms with Gasteiger partial charge in [-0.05, 0) is 36.2 Å². The predicted molar refractivity (Wildman–Crippen MR) is 85.1 cm³/mol. The Bertz CT molecular complexity index is 646. The molecule has 130 valence electrons. The molecule has 0 bridgehead atoms. The molecule has 2 rings (SSSR count). The van der Waals surface area contributed by atoms with Crippen LogP contribution in [0.5, 0.6) is 0 Å². The average Bonchev–Trinajstić information content (AvgIpc) is 2.55. The van der Waals surface area contributed by atoms with Gasteiger partial charge < -0.3 is 15.6 Å². The number of ether oxygens (including phenoxy) is 1. The minimum absolute atomic E-state index is 0.0242. The van der Waals surface area contributed by atoms with Crippen LogP contribution in [0.4, 0.5) is 13.2 Å². The molecule has 24 heavy (non-hydrogen) atoms. The standard InChI is InChI=1S/C18H20F3NO2/c19-18(20,21)16-8-4-5-14(11-16)12-24-13-17(23,9-10-22)15-6-2-1-3-7-15/h1-8,11,23H,9-10,12-13,22H2. The molecule has 3 nitrogen and oxygen atoms in total. The number of hydrogen-bond acceptors (Lipinski definition) is 3. The van der Waals surface area contributed by atoms with Crippen molar-refractivity contribution >= 4 is 0 Å². The molecule has 2 aromatic carbocycles. The van der Waals surface area contributed by atoms with E-state index in [1.807, 2.05) is 6.07 Å². The van der Waals surface area contributed by atoms with Crippen molar-refractivity contribution in [1.29, 1.82) is 0 Å². The second-order valence-electron chi connectivity index (χ2n) is 5.63. The molecule has 6 heteroatoms. The fourth-order valence-electron chi connectivity index (χ4n) is 2.46. The van der Waals surface area contributed by atoms with Crippen molar-refractivity contribution in [2.75, 3.05) is 13.2 Å². The van der Waals surface area contributed by atoms with Crippen molar-refractivity contribution in [1.82, 2.24) is 0 Å². The Labute approximate surface area is 138 Å². The molecule has 1 atom stereocenters. The van der Waals surface area contributed by atoms with Crippen LogP contribution in [0.25, 0.3) is 0 Å². The van der Waals surface area contributed by atoms with Gasteiger partial charge in [0.25, 0.3) is 0 Å². The Balaban J connectivity index is 2.04. The molecule has 0 heterocycles. The normalized spacial score (nSPS) is 14.4. The van der Waals surface area contributed by atoms with Crippen molar-refractivity contribution in [2.24, 2.45) is 5.73 Å². The third-order valence-electron chi connectivity index (χ3n) is 3.73. The van der Waals surface area contributed by atoms with Crippen molar-refractivity contribution in [3.05, 3.63) is 71.3 Å². The first-order valence-corrected chi connectivity index (χ1v) is 7.57. The van der Waals surface area contributed by atoms with Gasteiger partial charge >= 0.3 is 6.18 Å². The van der Waals surface area contributed by atoms with Crippen molar-refractivity contribution < 1.29 is 23.0 Å². The number of aliphatic hydroxyl groups is 1. The van der Waals surface area contributed by atoms with Gasteiger partial charge in [-0.2, -0.15) is 13.2 Å². The zero-order chi connectivity index (χ0) is 17.6. The summed E-state index contributed by atoms with van der Waals surface area (Å²) < 4.78 is 43.6. The van der Waals surface area contributed by atoms with Crippen LogP contribution in [0, 0.1) is 0 Å². The summed E-state index contributed by atoms with van der Waals surface area (Å²) >= 11 is 0. The molecule has 0 spiro atoms. The summed E-state index contributed by atoms with van der Waals surface area (Å²) in [6.07, 6.45) is -4.10. The number of halogens is 3. The van der Waals surface area contributed by atoms with E-state index in [2.05, 4.69) is 0 Å². The predicted octanol–water partition coefficient (Wildman–Crippen LogP) is 3.46. The van der Waals surface area contributed by atoms with Crippen LogP contribution in [0.3, 0.4) is 0 Å². The average molecular weight is 339 g/mol. The van der Waals surface area contributed by atoms with Gasteiger partial charge in [-0.15, -0.1) is 0 Å². The smallest absolute Gasteiger partial charge is 0.383 e. The Morgan fingerprint density at radius 1 is 0.958 bits per heavy atom. The molecular formula is C18H20F3NO2. The maximum Gasteiger partial charge on any atom is 0.416 e. The van der Waals surface area contributed by atoms with Crippen LogP contribution in [0.15, 0.2) is 54.6 Å². The molecule has 3 N–H and O–H groups in total. The fourth-order valence-corrected chi connectivity index (χ4v) is 2.46. The molecule has 0 saturated heterocycles. The van der Waals surface area contributed by atoms with Gasteiger partial charge in [-0.3, -0.25) is 0 Å². The van der Waals surface area contributed by atoms with Crippen LogP contribution in [0.1, 0.15) is 23.1 Å². The van der Waals surface area contributed by atoms with Crippen LogP contribution < -0.4 is 5.73 Å². The number of alkyl halides is 3. The molecule has 0 amide bonds. The quantitative estimate of drug-likeness (QED) is 0.812. The van der Waals surface area contributed by atoms with Crippen molar-refractivity contribution in [3.8, 4) is 0 Å². The first kappa shape index (κ1) is 18.4. The summed E-state index contributed by atoms with van der Waals surface area (Å²) in [6, 6.07) is 13.9. The fraction of sp³-hybridized carbons (Fsp3) is 0.333. The largest absolute Gasteiger partial charge is 0.416 e. The summed E-state index contributed by atoms with van der Waals surface area (Å²) in [5.74, 6) is 0. The van der Waals surface area contributed by atoms with Crippen LogP contribution >= 0.6 is 0 Å². The van der Waals surface area contributed by atoms with Gasteiger partial charge in [-0.25, -0.2) is 0 Å². The summed E-state index contributed by atoms with van der Waals surface area (Å²) in [5.41, 5.74) is 4.64. The lowest BCUT2D eigenvalue weighted by Gasteiger charge is -2.28. The van der Waals surface area contributed by atoms with Gasteiger partial charge in [0, 0.05) is 0 Å². The third-order valence-corrected chi connectivity index (χ3v) is 3.73. The lowest BCUT2D eigenvalue weighted by atomic mass is 9.91. The Hall–Kier alpha value is -1.89. The second kappa shape index (κ2) is 7.79. The van der Waals surface area contributed by atoms with Gasteiger partial charge in [0.05, 0.1) is 18.8 Å². The van der Waals surface area contributed by atoms with E-state index in [-0.39, 0.29) is 19.8 Å². The maximum atomic E-state index is 12.7. The number of nitrogens with two attached hydrogens (primary N) is 1. The lowest BCUT2D eigenvalue weighted by molar-refractivity contribution is -0.137. The Morgan fingerprint density at radius 3 is 2.25 bits per heavy atom. The van der Waals surface area contributed by atoms with E-state index < -0.39 is 17.3 Å². The van der Waals surface area contributed by atoms with E-state index in [0.717, 1.165) is 12.1 Å². The van der Waals surface area contributed by atoms with Gasteiger partial charge in [0.15, 0.2) is 0 Å². The first-order valence-electron chi connectivity index (χ1n) is 7.57. The zero-order valence-electron chi connectivity index (χ0n) is 13.1. The summed E-state index contributed by atoms with van der Waals surface area (Å²) in [6.45, 7) is 0.187. The molecule has 0 aromatic heterocycles. The van der Waals surface area contributed by atoms with E-state index in [4.69, 9.17) is 10.5 Å². The van der Waals surface area contributed by atoms with E-state index in [1.54, 1.807) is 30.3 Å². The van der Waals surface area contributed by atoms with Crippen LogP contribution in [-0.2, 0) is 23.1 Å². The monoisotopic (exact) mass is 339 g/mol. The molecule has 1 unspecified atom stereocenters. The number of hydrogen-bond donors (Lipinski definition) is 2. The minimum atomic E-state index is -4.39. The molecule has 0 aliphatic rings. The first-order chi connectivity index (χ1) is 11.3. The van der Waals surface area contributed by atoms with E-state index in [0.29, 0.717) is 17.5 Å². The molecular weight excluding hydrogens is 319 g/mol. The highest BCUT2D eigenvalue weighted by molar-refractivity contribution is 5.25. The van der Waals surface area contributed by atoms with Crippen molar-refractivity contribution in [3.63, 3.8) is 0 Å². The molecule has 0 aliphatic heterocycles. The van der Waals surface area contributed by atoms with Gasteiger partial charge in [0.1, 0.15) is 5.60 Å². The van der Waals surface area contributed by atoms with Gasteiger partial charge in [0.2, 0.25) is 0 Å². The van der Waals surface area contributed by atoms with Crippen LogP contribution in [0.2, 0.25) is 0 Å².